The molecule has 23 heavy (non-hydrogen) atoms. The summed E-state index contributed by atoms with van der Waals surface area (Å²) in [6, 6.07) is 3.29. The van der Waals surface area contributed by atoms with E-state index in [1.165, 1.54) is 4.90 Å². The number of hydrogen-bond donors (Lipinski definition) is 2. The molecule has 0 aliphatic carbocycles. The average Bonchev–Trinajstić information content (AvgIpc) is 3.03. The molecule has 1 fully saturated rings. The van der Waals surface area contributed by atoms with Crippen LogP contribution < -0.4 is 14.8 Å². The van der Waals surface area contributed by atoms with Crippen molar-refractivity contribution < 1.29 is 24.2 Å². The lowest BCUT2D eigenvalue weighted by Gasteiger charge is -2.18. The predicted molar refractivity (Wildman–Crippen MR) is 86.8 cm³/mol. The maximum Gasteiger partial charge on any atom is 0.317 e. The number of likely N-dealkylation sites (tertiary alicyclic amines) is 1. The van der Waals surface area contributed by atoms with Gasteiger partial charge in [-0.2, -0.15) is 0 Å². The van der Waals surface area contributed by atoms with Crippen LogP contribution >= 0.6 is 15.9 Å². The SMILES string of the molecule is COc1cc(Br)c(CNC(=O)N2CCC(C(=O)O)C2)cc1OC. The molecule has 1 saturated heterocycles. The Bertz CT molecular complexity index is 608. The number of hydrogen-bond acceptors (Lipinski definition) is 4. The summed E-state index contributed by atoms with van der Waals surface area (Å²) in [5, 5.41) is 11.8. The van der Waals surface area contributed by atoms with Gasteiger partial charge in [0.2, 0.25) is 0 Å². The van der Waals surface area contributed by atoms with Crippen molar-refractivity contribution in [2.45, 2.75) is 13.0 Å². The Morgan fingerprint density at radius 3 is 2.57 bits per heavy atom. The lowest BCUT2D eigenvalue weighted by atomic mass is 10.1. The molecule has 2 rings (SSSR count). The lowest BCUT2D eigenvalue weighted by molar-refractivity contribution is -0.141. The second kappa shape index (κ2) is 7.54. The molecule has 1 atom stereocenters. The Morgan fingerprint density at radius 1 is 1.35 bits per heavy atom. The number of urea groups is 1. The Hall–Kier alpha value is -1.96. The van der Waals surface area contributed by atoms with Crippen molar-refractivity contribution in [2.24, 2.45) is 5.92 Å². The Morgan fingerprint density at radius 2 is 2.00 bits per heavy atom. The van der Waals surface area contributed by atoms with Gasteiger partial charge in [0.1, 0.15) is 0 Å². The van der Waals surface area contributed by atoms with Gasteiger partial charge in [0.25, 0.3) is 0 Å². The highest BCUT2D eigenvalue weighted by Crippen LogP contribution is 2.33. The molecular weight excluding hydrogens is 368 g/mol. The first-order valence-electron chi connectivity index (χ1n) is 7.12. The van der Waals surface area contributed by atoms with Crippen LogP contribution in [0, 0.1) is 5.92 Å². The summed E-state index contributed by atoms with van der Waals surface area (Å²) in [6.07, 6.45) is 0.489. The Labute approximate surface area is 142 Å². The van der Waals surface area contributed by atoms with Crippen molar-refractivity contribution >= 4 is 27.9 Å². The smallest absolute Gasteiger partial charge is 0.317 e. The number of nitrogens with zero attached hydrogens (tertiary/aromatic N) is 1. The van der Waals surface area contributed by atoms with E-state index in [-0.39, 0.29) is 12.6 Å². The molecule has 0 aromatic heterocycles. The number of aliphatic carboxylic acids is 1. The van der Waals surface area contributed by atoms with E-state index in [4.69, 9.17) is 14.6 Å². The molecule has 1 aromatic carbocycles. The van der Waals surface area contributed by atoms with Crippen molar-refractivity contribution in [3.63, 3.8) is 0 Å². The van der Waals surface area contributed by atoms with Crippen molar-refractivity contribution in [3.8, 4) is 11.5 Å². The van der Waals surface area contributed by atoms with Crippen LogP contribution in [-0.4, -0.2) is 49.3 Å². The monoisotopic (exact) mass is 386 g/mol. The van der Waals surface area contributed by atoms with Gasteiger partial charge in [0, 0.05) is 24.1 Å². The summed E-state index contributed by atoms with van der Waals surface area (Å²) < 4.78 is 11.2. The summed E-state index contributed by atoms with van der Waals surface area (Å²) in [5.41, 5.74) is 0.838. The number of benzene rings is 1. The summed E-state index contributed by atoms with van der Waals surface area (Å²) in [5.74, 6) is -0.165. The van der Waals surface area contributed by atoms with Crippen LogP contribution in [0.4, 0.5) is 4.79 Å². The number of rotatable bonds is 5. The number of nitrogens with one attached hydrogen (secondary N) is 1. The quantitative estimate of drug-likeness (QED) is 0.808. The molecule has 0 radical (unpaired) electrons. The predicted octanol–water partition coefficient (Wildman–Crippen LogP) is 2.08. The second-order valence-corrected chi connectivity index (χ2v) is 6.08. The molecule has 126 valence electrons. The first-order chi connectivity index (χ1) is 11.0. The van der Waals surface area contributed by atoms with Crippen molar-refractivity contribution in [3.05, 3.63) is 22.2 Å². The number of ether oxygens (including phenoxy) is 2. The van der Waals surface area contributed by atoms with Crippen LogP contribution in [0.1, 0.15) is 12.0 Å². The zero-order chi connectivity index (χ0) is 17.0. The molecule has 8 heteroatoms. The van der Waals surface area contributed by atoms with Gasteiger partial charge in [0.15, 0.2) is 11.5 Å². The zero-order valence-corrected chi connectivity index (χ0v) is 14.6. The summed E-state index contributed by atoms with van der Waals surface area (Å²) >= 11 is 3.44. The molecule has 1 aliphatic heterocycles. The molecule has 0 spiro atoms. The summed E-state index contributed by atoms with van der Waals surface area (Å²) in [7, 11) is 3.10. The standard InChI is InChI=1S/C15H19BrN2O5/c1-22-12-5-10(11(16)6-13(12)23-2)7-17-15(21)18-4-3-9(8-18)14(19)20/h5-6,9H,3-4,7-8H2,1-2H3,(H,17,21)(H,19,20). The average molecular weight is 387 g/mol. The molecule has 2 amide bonds. The molecule has 7 nitrogen and oxygen atoms in total. The molecular formula is C15H19BrN2O5. The number of amides is 2. The van der Waals surface area contributed by atoms with E-state index >= 15 is 0 Å². The number of carboxylic acids is 1. The fourth-order valence-electron chi connectivity index (χ4n) is 2.46. The van der Waals surface area contributed by atoms with Crippen LogP contribution in [0.3, 0.4) is 0 Å². The molecule has 0 bridgehead atoms. The third kappa shape index (κ3) is 4.07. The maximum absolute atomic E-state index is 12.1. The van der Waals surface area contributed by atoms with Crippen molar-refractivity contribution in [1.82, 2.24) is 10.2 Å². The fourth-order valence-corrected chi connectivity index (χ4v) is 2.92. The van der Waals surface area contributed by atoms with E-state index in [2.05, 4.69) is 21.2 Å². The van der Waals surface area contributed by atoms with Gasteiger partial charge in [-0.15, -0.1) is 0 Å². The van der Waals surface area contributed by atoms with Gasteiger partial charge in [-0.3, -0.25) is 4.79 Å². The van der Waals surface area contributed by atoms with Crippen LogP contribution in [0.5, 0.6) is 11.5 Å². The van der Waals surface area contributed by atoms with Gasteiger partial charge >= 0.3 is 12.0 Å². The van der Waals surface area contributed by atoms with Gasteiger partial charge < -0.3 is 24.8 Å². The highest BCUT2D eigenvalue weighted by Gasteiger charge is 2.30. The Balaban J connectivity index is 1.98. The fraction of sp³-hybridized carbons (Fsp3) is 0.467. The van der Waals surface area contributed by atoms with Gasteiger partial charge in [-0.05, 0) is 24.1 Å². The minimum absolute atomic E-state index is 0.244. The molecule has 1 aromatic rings. The van der Waals surface area contributed by atoms with Crippen LogP contribution in [0.15, 0.2) is 16.6 Å². The number of carbonyl (C=O) groups excluding carboxylic acids is 1. The van der Waals surface area contributed by atoms with E-state index in [9.17, 15) is 9.59 Å². The molecule has 1 aliphatic rings. The maximum atomic E-state index is 12.1. The summed E-state index contributed by atoms with van der Waals surface area (Å²) in [4.78, 5) is 24.6. The highest BCUT2D eigenvalue weighted by molar-refractivity contribution is 9.10. The normalized spacial score (nSPS) is 17.0. The molecule has 1 heterocycles. The topological polar surface area (TPSA) is 88.1 Å². The van der Waals surface area contributed by atoms with E-state index in [1.54, 1.807) is 26.4 Å². The van der Waals surface area contributed by atoms with Crippen LogP contribution in [-0.2, 0) is 11.3 Å². The lowest BCUT2D eigenvalue weighted by Crippen LogP contribution is -2.38. The molecule has 0 saturated carbocycles. The zero-order valence-electron chi connectivity index (χ0n) is 13.0. The number of carboxylic acid groups (broad SMARTS) is 1. The largest absolute Gasteiger partial charge is 0.493 e. The number of halogens is 1. The summed E-state index contributed by atoms with van der Waals surface area (Å²) in [6.45, 7) is 0.998. The van der Waals surface area contributed by atoms with E-state index in [0.717, 1.165) is 10.0 Å². The Kier molecular flexibility index (Phi) is 5.70. The van der Waals surface area contributed by atoms with Gasteiger partial charge in [-0.25, -0.2) is 4.79 Å². The number of carbonyl (C=O) groups is 2. The molecule has 2 N–H and O–H groups in total. The second-order valence-electron chi connectivity index (χ2n) is 5.23. The van der Waals surface area contributed by atoms with Crippen LogP contribution in [0.25, 0.3) is 0 Å². The minimum atomic E-state index is -0.858. The third-order valence-electron chi connectivity index (χ3n) is 3.81. The first-order valence-corrected chi connectivity index (χ1v) is 7.91. The van der Waals surface area contributed by atoms with E-state index < -0.39 is 11.9 Å². The number of methoxy groups -OCH3 is 2. The van der Waals surface area contributed by atoms with Crippen molar-refractivity contribution in [1.29, 1.82) is 0 Å². The minimum Gasteiger partial charge on any atom is -0.493 e. The van der Waals surface area contributed by atoms with E-state index in [1.807, 2.05) is 0 Å². The van der Waals surface area contributed by atoms with Crippen molar-refractivity contribution in [2.75, 3.05) is 27.3 Å². The third-order valence-corrected chi connectivity index (χ3v) is 4.55. The van der Waals surface area contributed by atoms with Gasteiger partial charge in [-0.1, -0.05) is 15.9 Å². The van der Waals surface area contributed by atoms with Crippen LogP contribution in [0.2, 0.25) is 0 Å². The first kappa shape index (κ1) is 17.4. The highest BCUT2D eigenvalue weighted by atomic mass is 79.9. The van der Waals surface area contributed by atoms with E-state index in [0.29, 0.717) is 31.0 Å². The molecule has 1 unspecified atom stereocenters. The van der Waals surface area contributed by atoms with Gasteiger partial charge in [0.05, 0.1) is 20.1 Å².